The van der Waals surface area contributed by atoms with Crippen LogP contribution in [0.25, 0.3) is 0 Å². The van der Waals surface area contributed by atoms with Gasteiger partial charge in [0.25, 0.3) is 5.56 Å². The van der Waals surface area contributed by atoms with Gasteiger partial charge in [-0.1, -0.05) is 0 Å². The molecule has 0 radical (unpaired) electrons. The van der Waals surface area contributed by atoms with Gasteiger partial charge in [0.2, 0.25) is 0 Å². The highest BCUT2D eigenvalue weighted by Crippen LogP contribution is 2.13. The Kier molecular flexibility index (Phi) is 2.86. The number of aryl methyl sites for hydroxylation is 1. The van der Waals surface area contributed by atoms with Crippen LogP contribution in [0.3, 0.4) is 0 Å². The Morgan fingerprint density at radius 1 is 1.60 bits per heavy atom. The zero-order valence-corrected chi connectivity index (χ0v) is 9.19. The minimum absolute atomic E-state index is 0.0537. The number of ether oxygens (including phenoxy) is 1. The molecule has 1 aromatic rings. The molecule has 1 aromatic heterocycles. The van der Waals surface area contributed by atoms with E-state index in [1.165, 1.54) is 0 Å². The fourth-order valence-corrected chi connectivity index (χ4v) is 1.81. The van der Waals surface area contributed by atoms with Gasteiger partial charge in [-0.25, -0.2) is 4.98 Å². The van der Waals surface area contributed by atoms with Crippen molar-refractivity contribution in [2.75, 3.05) is 6.61 Å². The van der Waals surface area contributed by atoms with Gasteiger partial charge in [-0.15, -0.1) is 0 Å². The summed E-state index contributed by atoms with van der Waals surface area (Å²) >= 11 is 0. The Balaban J connectivity index is 2.21. The van der Waals surface area contributed by atoms with E-state index in [9.17, 15) is 4.79 Å². The summed E-state index contributed by atoms with van der Waals surface area (Å²) in [7, 11) is 0. The molecule has 2 rings (SSSR count). The third-order valence-electron chi connectivity index (χ3n) is 2.94. The van der Waals surface area contributed by atoms with E-state index in [2.05, 4.69) is 4.98 Å². The maximum atomic E-state index is 11.8. The fourth-order valence-electron chi connectivity index (χ4n) is 1.81. The van der Waals surface area contributed by atoms with Crippen LogP contribution in [0.1, 0.15) is 24.1 Å². The summed E-state index contributed by atoms with van der Waals surface area (Å²) < 4.78 is 7.15. The van der Waals surface area contributed by atoms with Gasteiger partial charge in [-0.2, -0.15) is 0 Å². The average molecular weight is 208 g/mol. The Morgan fingerprint density at radius 2 is 2.40 bits per heavy atom. The SMILES string of the molecule is Cc1ncn(CC2CCCO2)c(=O)c1C. The van der Waals surface area contributed by atoms with Gasteiger partial charge in [0.15, 0.2) is 0 Å². The molecule has 0 bridgehead atoms. The molecule has 1 aliphatic rings. The van der Waals surface area contributed by atoms with Crippen LogP contribution < -0.4 is 5.56 Å². The van der Waals surface area contributed by atoms with Gasteiger partial charge in [0, 0.05) is 17.9 Å². The summed E-state index contributed by atoms with van der Waals surface area (Å²) in [5, 5.41) is 0. The lowest BCUT2D eigenvalue weighted by Gasteiger charge is -2.12. The first kappa shape index (κ1) is 10.4. The monoisotopic (exact) mass is 208 g/mol. The van der Waals surface area contributed by atoms with Crippen molar-refractivity contribution in [2.45, 2.75) is 39.3 Å². The molecule has 0 saturated carbocycles. The molecule has 1 aliphatic heterocycles. The van der Waals surface area contributed by atoms with Gasteiger partial charge in [-0.05, 0) is 26.7 Å². The van der Waals surface area contributed by atoms with Crippen LogP contribution in [0, 0.1) is 13.8 Å². The number of hydrogen-bond acceptors (Lipinski definition) is 3. The van der Waals surface area contributed by atoms with Gasteiger partial charge in [0.1, 0.15) is 0 Å². The maximum Gasteiger partial charge on any atom is 0.256 e. The molecular formula is C11H16N2O2. The van der Waals surface area contributed by atoms with Crippen molar-refractivity contribution < 1.29 is 4.74 Å². The topological polar surface area (TPSA) is 44.1 Å². The maximum absolute atomic E-state index is 11.8. The zero-order valence-electron chi connectivity index (χ0n) is 9.19. The van der Waals surface area contributed by atoms with E-state index < -0.39 is 0 Å². The lowest BCUT2D eigenvalue weighted by atomic mass is 10.2. The molecule has 4 heteroatoms. The molecule has 82 valence electrons. The Hall–Kier alpha value is -1.16. The minimum atomic E-state index is 0.0537. The molecule has 4 nitrogen and oxygen atoms in total. The molecule has 1 saturated heterocycles. The second-order valence-electron chi connectivity index (χ2n) is 4.05. The molecule has 1 atom stereocenters. The quantitative estimate of drug-likeness (QED) is 0.729. The van der Waals surface area contributed by atoms with Crippen molar-refractivity contribution in [1.29, 1.82) is 0 Å². The van der Waals surface area contributed by atoms with Gasteiger partial charge < -0.3 is 4.74 Å². The Morgan fingerprint density at radius 3 is 3.07 bits per heavy atom. The number of nitrogens with zero attached hydrogens (tertiary/aromatic N) is 2. The first-order valence-corrected chi connectivity index (χ1v) is 5.32. The van der Waals surface area contributed by atoms with E-state index in [1.54, 1.807) is 10.9 Å². The predicted molar refractivity (Wildman–Crippen MR) is 56.9 cm³/mol. The van der Waals surface area contributed by atoms with Crippen LogP contribution in [0.4, 0.5) is 0 Å². The van der Waals surface area contributed by atoms with Crippen molar-refractivity contribution >= 4 is 0 Å². The van der Waals surface area contributed by atoms with Crippen LogP contribution in [-0.4, -0.2) is 22.3 Å². The molecule has 0 aliphatic carbocycles. The van der Waals surface area contributed by atoms with Gasteiger partial charge >= 0.3 is 0 Å². The van der Waals surface area contributed by atoms with Crippen molar-refractivity contribution in [3.8, 4) is 0 Å². The Labute approximate surface area is 88.9 Å². The third-order valence-corrected chi connectivity index (χ3v) is 2.94. The molecule has 0 amide bonds. The molecule has 0 spiro atoms. The molecule has 2 heterocycles. The van der Waals surface area contributed by atoms with Crippen molar-refractivity contribution in [1.82, 2.24) is 9.55 Å². The highest BCUT2D eigenvalue weighted by Gasteiger charge is 2.17. The first-order chi connectivity index (χ1) is 7.18. The van der Waals surface area contributed by atoms with E-state index in [0.717, 1.165) is 30.7 Å². The summed E-state index contributed by atoms with van der Waals surface area (Å²) in [5.41, 5.74) is 1.59. The number of aromatic nitrogens is 2. The summed E-state index contributed by atoms with van der Waals surface area (Å²) in [6.45, 7) is 5.12. The second kappa shape index (κ2) is 4.14. The van der Waals surface area contributed by atoms with Crippen LogP contribution in [0.15, 0.2) is 11.1 Å². The zero-order chi connectivity index (χ0) is 10.8. The third kappa shape index (κ3) is 2.09. The lowest BCUT2D eigenvalue weighted by Crippen LogP contribution is -2.28. The van der Waals surface area contributed by atoms with Crippen LogP contribution in [-0.2, 0) is 11.3 Å². The summed E-state index contributed by atoms with van der Waals surface area (Å²) in [6, 6.07) is 0. The van der Waals surface area contributed by atoms with Crippen molar-refractivity contribution in [3.05, 3.63) is 27.9 Å². The van der Waals surface area contributed by atoms with E-state index in [4.69, 9.17) is 4.74 Å². The summed E-state index contributed by atoms with van der Waals surface area (Å²) in [6.07, 6.45) is 3.94. The molecule has 0 aromatic carbocycles. The summed E-state index contributed by atoms with van der Waals surface area (Å²) in [4.78, 5) is 16.0. The predicted octanol–water partition coefficient (Wildman–Crippen LogP) is 1.04. The van der Waals surface area contributed by atoms with E-state index in [-0.39, 0.29) is 11.7 Å². The van der Waals surface area contributed by atoms with E-state index in [0.29, 0.717) is 6.54 Å². The van der Waals surface area contributed by atoms with Gasteiger partial charge in [0.05, 0.1) is 19.0 Å². The van der Waals surface area contributed by atoms with Crippen LogP contribution in [0.2, 0.25) is 0 Å². The fraction of sp³-hybridized carbons (Fsp3) is 0.636. The highest BCUT2D eigenvalue weighted by molar-refractivity contribution is 5.12. The minimum Gasteiger partial charge on any atom is -0.376 e. The first-order valence-electron chi connectivity index (χ1n) is 5.32. The second-order valence-corrected chi connectivity index (χ2v) is 4.05. The molecule has 0 N–H and O–H groups in total. The van der Waals surface area contributed by atoms with Crippen molar-refractivity contribution in [2.24, 2.45) is 0 Å². The van der Waals surface area contributed by atoms with Gasteiger partial charge in [-0.3, -0.25) is 9.36 Å². The largest absolute Gasteiger partial charge is 0.376 e. The average Bonchev–Trinajstić information content (AvgIpc) is 2.72. The molecule has 1 unspecified atom stereocenters. The van der Waals surface area contributed by atoms with Crippen molar-refractivity contribution in [3.63, 3.8) is 0 Å². The van der Waals surface area contributed by atoms with Crippen LogP contribution in [0.5, 0.6) is 0 Å². The normalized spacial score (nSPS) is 20.8. The smallest absolute Gasteiger partial charge is 0.256 e. The molecule has 1 fully saturated rings. The van der Waals surface area contributed by atoms with Crippen LogP contribution >= 0.6 is 0 Å². The van der Waals surface area contributed by atoms with E-state index in [1.807, 2.05) is 13.8 Å². The lowest BCUT2D eigenvalue weighted by molar-refractivity contribution is 0.0958. The molecule has 15 heavy (non-hydrogen) atoms. The molecular weight excluding hydrogens is 192 g/mol. The van der Waals surface area contributed by atoms with E-state index >= 15 is 0 Å². The summed E-state index contributed by atoms with van der Waals surface area (Å²) in [5.74, 6) is 0. The number of rotatable bonds is 2. The Bertz CT molecular complexity index is 406. The standard InChI is InChI=1S/C11H16N2O2/c1-8-9(2)12-7-13(11(8)14)6-10-4-3-5-15-10/h7,10H,3-6H2,1-2H3. The highest BCUT2D eigenvalue weighted by atomic mass is 16.5. The number of hydrogen-bond donors (Lipinski definition) is 0.